The molecule has 0 spiro atoms. The fraction of sp³-hybridized carbons (Fsp3) is 0.611. The maximum atomic E-state index is 13.8. The van der Waals surface area contributed by atoms with Crippen LogP contribution in [0, 0.1) is 11.6 Å². The van der Waals surface area contributed by atoms with Crippen molar-refractivity contribution in [2.45, 2.75) is 44.6 Å². The number of hydrogen-bond acceptors (Lipinski definition) is 2. The molecular weight excluding hydrogens is 312 g/mol. The lowest BCUT2D eigenvalue weighted by atomic mass is 10.1. The smallest absolute Gasteiger partial charge is 0.191 e. The first-order valence-corrected chi connectivity index (χ1v) is 8.66. The van der Waals surface area contributed by atoms with E-state index < -0.39 is 11.6 Å². The van der Waals surface area contributed by atoms with E-state index in [1.165, 1.54) is 18.2 Å². The SMILES string of the molecule is CCCCOCCCNC(=NC)NC1CC1c1c(F)cccc1F. The Balaban J connectivity index is 1.69. The number of nitrogens with zero attached hydrogens (tertiary/aromatic N) is 1. The summed E-state index contributed by atoms with van der Waals surface area (Å²) in [6.07, 6.45) is 3.82. The maximum Gasteiger partial charge on any atom is 0.191 e. The van der Waals surface area contributed by atoms with Crippen LogP contribution in [0.5, 0.6) is 0 Å². The zero-order chi connectivity index (χ0) is 17.4. The molecule has 1 aromatic carbocycles. The summed E-state index contributed by atoms with van der Waals surface area (Å²) in [5.74, 6) is -0.428. The van der Waals surface area contributed by atoms with Gasteiger partial charge in [0.15, 0.2) is 5.96 Å². The maximum absolute atomic E-state index is 13.8. The van der Waals surface area contributed by atoms with Crippen LogP contribution in [0.4, 0.5) is 8.78 Å². The molecule has 1 aromatic rings. The van der Waals surface area contributed by atoms with Crippen molar-refractivity contribution in [1.29, 1.82) is 0 Å². The molecule has 2 N–H and O–H groups in total. The van der Waals surface area contributed by atoms with Gasteiger partial charge in [-0.3, -0.25) is 4.99 Å². The standard InChI is InChI=1S/C18H27F2N3O/c1-3-4-10-24-11-6-9-22-18(21-2)23-16-12-13(16)17-14(19)7-5-8-15(17)20/h5,7-8,13,16H,3-4,6,9-12H2,1-2H3,(H2,21,22,23). The molecule has 2 atom stereocenters. The van der Waals surface area contributed by atoms with Gasteiger partial charge in [-0.25, -0.2) is 8.78 Å². The summed E-state index contributed by atoms with van der Waals surface area (Å²) in [6.45, 7) is 4.41. The van der Waals surface area contributed by atoms with Crippen molar-refractivity contribution in [2.24, 2.45) is 4.99 Å². The summed E-state index contributed by atoms with van der Waals surface area (Å²) in [7, 11) is 1.69. The van der Waals surface area contributed by atoms with Gasteiger partial charge in [0.25, 0.3) is 0 Å². The fourth-order valence-electron chi connectivity index (χ4n) is 2.64. The van der Waals surface area contributed by atoms with Crippen molar-refractivity contribution in [3.05, 3.63) is 35.4 Å². The van der Waals surface area contributed by atoms with E-state index in [-0.39, 0.29) is 17.5 Å². The number of halogens is 2. The van der Waals surface area contributed by atoms with Crippen molar-refractivity contribution in [2.75, 3.05) is 26.8 Å². The van der Waals surface area contributed by atoms with Gasteiger partial charge in [0, 0.05) is 44.3 Å². The average Bonchev–Trinajstić information content (AvgIpc) is 3.31. The normalized spacial score (nSPS) is 20.1. The molecule has 4 nitrogen and oxygen atoms in total. The molecule has 0 amide bonds. The number of rotatable bonds is 9. The van der Waals surface area contributed by atoms with E-state index in [1.807, 2.05) is 0 Å². The second-order valence-electron chi connectivity index (χ2n) is 6.05. The highest BCUT2D eigenvalue weighted by atomic mass is 19.1. The van der Waals surface area contributed by atoms with Gasteiger partial charge < -0.3 is 15.4 Å². The number of hydrogen-bond donors (Lipinski definition) is 2. The Morgan fingerprint density at radius 3 is 2.62 bits per heavy atom. The van der Waals surface area contributed by atoms with Crippen LogP contribution in [0.25, 0.3) is 0 Å². The minimum absolute atomic E-state index is 0.0170. The van der Waals surface area contributed by atoms with Gasteiger partial charge in [-0.05, 0) is 31.4 Å². The summed E-state index contributed by atoms with van der Waals surface area (Å²) in [5, 5.41) is 6.42. The molecule has 1 saturated carbocycles. The van der Waals surface area contributed by atoms with Crippen LogP contribution in [-0.2, 0) is 4.74 Å². The lowest BCUT2D eigenvalue weighted by molar-refractivity contribution is 0.129. The van der Waals surface area contributed by atoms with Crippen LogP contribution in [0.2, 0.25) is 0 Å². The molecule has 0 radical (unpaired) electrons. The third kappa shape index (κ3) is 5.44. The van der Waals surface area contributed by atoms with E-state index in [0.717, 1.165) is 39.0 Å². The molecule has 24 heavy (non-hydrogen) atoms. The minimum atomic E-state index is -0.475. The molecule has 6 heteroatoms. The van der Waals surface area contributed by atoms with Gasteiger partial charge in [0.05, 0.1) is 0 Å². The molecule has 2 unspecified atom stereocenters. The van der Waals surface area contributed by atoms with Gasteiger partial charge in [0.1, 0.15) is 11.6 Å². The van der Waals surface area contributed by atoms with Gasteiger partial charge in [-0.15, -0.1) is 0 Å². The highest BCUT2D eigenvalue weighted by molar-refractivity contribution is 5.80. The summed E-state index contributed by atoms with van der Waals surface area (Å²) >= 11 is 0. The molecule has 0 aromatic heterocycles. The Morgan fingerprint density at radius 1 is 1.25 bits per heavy atom. The quantitative estimate of drug-likeness (QED) is 0.413. The Bertz CT molecular complexity index is 531. The van der Waals surface area contributed by atoms with Crippen LogP contribution in [0.1, 0.15) is 44.1 Å². The molecule has 134 valence electrons. The van der Waals surface area contributed by atoms with E-state index in [9.17, 15) is 8.78 Å². The highest BCUT2D eigenvalue weighted by Gasteiger charge is 2.42. The van der Waals surface area contributed by atoms with Crippen LogP contribution in [0.3, 0.4) is 0 Å². The molecule has 0 bridgehead atoms. The number of unbranched alkanes of at least 4 members (excludes halogenated alkanes) is 1. The van der Waals surface area contributed by atoms with Crippen molar-refractivity contribution < 1.29 is 13.5 Å². The molecule has 1 aliphatic rings. The third-order valence-corrected chi connectivity index (χ3v) is 4.11. The molecule has 1 fully saturated rings. The lowest BCUT2D eigenvalue weighted by Gasteiger charge is -2.12. The molecule has 2 rings (SSSR count). The predicted molar refractivity (Wildman–Crippen MR) is 92.3 cm³/mol. The van der Waals surface area contributed by atoms with Crippen LogP contribution in [0.15, 0.2) is 23.2 Å². The van der Waals surface area contributed by atoms with E-state index in [0.29, 0.717) is 12.4 Å². The van der Waals surface area contributed by atoms with Crippen LogP contribution < -0.4 is 10.6 Å². The molecular formula is C18H27F2N3O. The van der Waals surface area contributed by atoms with Crippen molar-refractivity contribution in [3.63, 3.8) is 0 Å². The van der Waals surface area contributed by atoms with E-state index in [1.54, 1.807) is 7.05 Å². The Labute approximate surface area is 142 Å². The van der Waals surface area contributed by atoms with E-state index in [4.69, 9.17) is 4.74 Å². The number of nitrogens with one attached hydrogen (secondary N) is 2. The van der Waals surface area contributed by atoms with Gasteiger partial charge in [0.2, 0.25) is 0 Å². The zero-order valence-electron chi connectivity index (χ0n) is 14.4. The fourth-order valence-corrected chi connectivity index (χ4v) is 2.64. The second kappa shape index (κ2) is 9.57. The summed E-state index contributed by atoms with van der Waals surface area (Å²) in [4.78, 5) is 4.15. The first-order valence-electron chi connectivity index (χ1n) is 8.66. The predicted octanol–water partition coefficient (Wildman–Crippen LogP) is 3.19. The summed E-state index contributed by atoms with van der Waals surface area (Å²) in [6, 6.07) is 4.02. The van der Waals surface area contributed by atoms with Crippen molar-refractivity contribution in [1.82, 2.24) is 10.6 Å². The zero-order valence-corrected chi connectivity index (χ0v) is 14.4. The molecule has 0 heterocycles. The average molecular weight is 339 g/mol. The van der Waals surface area contributed by atoms with E-state index in [2.05, 4.69) is 22.5 Å². The Kier molecular flexibility index (Phi) is 7.43. The van der Waals surface area contributed by atoms with Gasteiger partial charge in [-0.1, -0.05) is 19.4 Å². The molecule has 1 aliphatic carbocycles. The lowest BCUT2D eigenvalue weighted by Crippen LogP contribution is -2.39. The van der Waals surface area contributed by atoms with E-state index >= 15 is 0 Å². The Morgan fingerprint density at radius 2 is 1.96 bits per heavy atom. The second-order valence-corrected chi connectivity index (χ2v) is 6.05. The van der Waals surface area contributed by atoms with Crippen LogP contribution >= 0.6 is 0 Å². The minimum Gasteiger partial charge on any atom is -0.381 e. The summed E-state index contributed by atoms with van der Waals surface area (Å²) in [5.41, 5.74) is 0.176. The monoisotopic (exact) mass is 339 g/mol. The molecule has 0 aliphatic heterocycles. The number of ether oxygens (including phenoxy) is 1. The van der Waals surface area contributed by atoms with Crippen LogP contribution in [-0.4, -0.2) is 38.8 Å². The third-order valence-electron chi connectivity index (χ3n) is 4.11. The van der Waals surface area contributed by atoms with Crippen molar-refractivity contribution in [3.8, 4) is 0 Å². The first-order chi connectivity index (χ1) is 11.7. The first kappa shape index (κ1) is 18.6. The largest absolute Gasteiger partial charge is 0.381 e. The number of aliphatic imine (C=N–C) groups is 1. The summed E-state index contributed by atoms with van der Waals surface area (Å²) < 4.78 is 33.1. The number of benzene rings is 1. The highest BCUT2D eigenvalue weighted by Crippen LogP contribution is 2.42. The molecule has 0 saturated heterocycles. The number of guanidine groups is 1. The van der Waals surface area contributed by atoms with Gasteiger partial charge in [-0.2, -0.15) is 0 Å². The Hall–Kier alpha value is -1.69. The topological polar surface area (TPSA) is 45.6 Å². The van der Waals surface area contributed by atoms with Crippen molar-refractivity contribution >= 4 is 5.96 Å². The van der Waals surface area contributed by atoms with Gasteiger partial charge >= 0.3 is 0 Å².